The lowest BCUT2D eigenvalue weighted by Gasteiger charge is -2.13. The van der Waals surface area contributed by atoms with Gasteiger partial charge in [-0.05, 0) is 6.92 Å². The van der Waals surface area contributed by atoms with Gasteiger partial charge in [-0.1, -0.05) is 0 Å². The number of hydroxylamine groups is 2. The van der Waals surface area contributed by atoms with Crippen LogP contribution >= 0.6 is 0 Å². The Labute approximate surface area is 69.9 Å². The van der Waals surface area contributed by atoms with Gasteiger partial charge in [-0.3, -0.25) is 14.4 Å². The summed E-state index contributed by atoms with van der Waals surface area (Å²) in [6.45, 7) is 2.31. The second kappa shape index (κ2) is 3.53. The predicted octanol–water partition coefficient (Wildman–Crippen LogP) is -0.129. The van der Waals surface area contributed by atoms with Crippen LogP contribution in [0.4, 0.5) is 0 Å². The van der Waals surface area contributed by atoms with E-state index in [4.69, 9.17) is 9.94 Å². The van der Waals surface area contributed by atoms with E-state index in [0.29, 0.717) is 6.61 Å². The van der Waals surface area contributed by atoms with Crippen molar-refractivity contribution in [3.63, 3.8) is 0 Å². The molecule has 1 rings (SSSR count). The third-order valence-electron chi connectivity index (χ3n) is 1.72. The normalized spacial score (nSPS) is 23.2. The second-order valence-corrected chi connectivity index (χ2v) is 2.61. The summed E-state index contributed by atoms with van der Waals surface area (Å²) in [6.07, 6.45) is 0.0509. The average molecular weight is 173 g/mol. The molecule has 5 nitrogen and oxygen atoms in total. The molecule has 12 heavy (non-hydrogen) atoms. The molecule has 5 heteroatoms. The van der Waals surface area contributed by atoms with Crippen molar-refractivity contribution in [1.82, 2.24) is 5.06 Å². The molecule has 1 aliphatic rings. The number of rotatable bonds is 3. The van der Waals surface area contributed by atoms with Gasteiger partial charge in [0.2, 0.25) is 5.91 Å². The van der Waals surface area contributed by atoms with E-state index >= 15 is 0 Å². The predicted molar refractivity (Wildman–Crippen MR) is 39.1 cm³/mol. The monoisotopic (exact) mass is 173 g/mol. The summed E-state index contributed by atoms with van der Waals surface area (Å²) in [5.41, 5.74) is 0. The van der Waals surface area contributed by atoms with Crippen LogP contribution in [-0.2, 0) is 14.4 Å². The number of amides is 1. The quantitative estimate of drug-likeness (QED) is 0.645. The van der Waals surface area contributed by atoms with E-state index in [1.54, 1.807) is 6.92 Å². The van der Waals surface area contributed by atoms with E-state index in [2.05, 4.69) is 0 Å². The standard InChI is InChI=1S/C7H11NO4/c1-2-12-8-4-5(7(10)11)3-6(8)9/h5H,2-4H2,1H3,(H,10,11). The molecule has 1 unspecified atom stereocenters. The number of hydrogen-bond donors (Lipinski definition) is 1. The molecule has 1 fully saturated rings. The fourth-order valence-electron chi connectivity index (χ4n) is 1.13. The maximum absolute atomic E-state index is 11.0. The smallest absolute Gasteiger partial charge is 0.308 e. The molecule has 0 aromatic heterocycles. The minimum absolute atomic E-state index is 0.0509. The largest absolute Gasteiger partial charge is 0.481 e. The highest BCUT2D eigenvalue weighted by molar-refractivity contribution is 5.85. The summed E-state index contributed by atoms with van der Waals surface area (Å²) >= 11 is 0. The molecule has 0 aliphatic carbocycles. The zero-order valence-corrected chi connectivity index (χ0v) is 6.82. The first-order valence-corrected chi connectivity index (χ1v) is 3.81. The highest BCUT2D eigenvalue weighted by Crippen LogP contribution is 2.17. The average Bonchev–Trinajstić information content (AvgIpc) is 2.34. The number of carbonyl (C=O) groups is 2. The molecule has 1 N–H and O–H groups in total. The Morgan fingerprint density at radius 1 is 1.83 bits per heavy atom. The Balaban J connectivity index is 2.50. The Kier molecular flexibility index (Phi) is 2.65. The molecule has 0 aromatic rings. The zero-order valence-electron chi connectivity index (χ0n) is 6.82. The van der Waals surface area contributed by atoms with Crippen LogP contribution in [0.3, 0.4) is 0 Å². The third-order valence-corrected chi connectivity index (χ3v) is 1.72. The first-order valence-electron chi connectivity index (χ1n) is 3.81. The van der Waals surface area contributed by atoms with Gasteiger partial charge in [0, 0.05) is 6.42 Å². The number of aliphatic carboxylic acids is 1. The van der Waals surface area contributed by atoms with Gasteiger partial charge in [-0.2, -0.15) is 0 Å². The van der Waals surface area contributed by atoms with Gasteiger partial charge in [-0.25, -0.2) is 5.06 Å². The van der Waals surface area contributed by atoms with Gasteiger partial charge in [0.05, 0.1) is 19.1 Å². The van der Waals surface area contributed by atoms with E-state index < -0.39 is 11.9 Å². The number of carbonyl (C=O) groups excluding carboxylic acids is 1. The van der Waals surface area contributed by atoms with E-state index in [-0.39, 0.29) is 18.9 Å². The van der Waals surface area contributed by atoms with E-state index in [9.17, 15) is 9.59 Å². The van der Waals surface area contributed by atoms with Crippen molar-refractivity contribution in [1.29, 1.82) is 0 Å². The molecule has 1 amide bonds. The Hall–Kier alpha value is -1.10. The molecule has 1 heterocycles. The molecular weight excluding hydrogens is 162 g/mol. The summed E-state index contributed by atoms with van der Waals surface area (Å²) < 4.78 is 0. The molecule has 68 valence electrons. The summed E-state index contributed by atoms with van der Waals surface area (Å²) in [5, 5.41) is 9.71. The Morgan fingerprint density at radius 2 is 2.50 bits per heavy atom. The highest BCUT2D eigenvalue weighted by atomic mass is 16.7. The van der Waals surface area contributed by atoms with E-state index in [1.165, 1.54) is 0 Å². The topological polar surface area (TPSA) is 66.8 Å². The minimum Gasteiger partial charge on any atom is -0.481 e. The summed E-state index contributed by atoms with van der Waals surface area (Å²) in [6, 6.07) is 0. The van der Waals surface area contributed by atoms with Crippen molar-refractivity contribution in [2.75, 3.05) is 13.2 Å². The minimum atomic E-state index is -0.939. The summed E-state index contributed by atoms with van der Waals surface area (Å²) in [5.74, 6) is -1.79. The summed E-state index contributed by atoms with van der Waals surface area (Å²) in [7, 11) is 0. The molecular formula is C7H11NO4. The molecule has 0 spiro atoms. The van der Waals surface area contributed by atoms with Crippen molar-refractivity contribution >= 4 is 11.9 Å². The van der Waals surface area contributed by atoms with Crippen LogP contribution in [-0.4, -0.2) is 35.2 Å². The lowest BCUT2D eigenvalue weighted by molar-refractivity contribution is -0.176. The third kappa shape index (κ3) is 1.73. The maximum Gasteiger partial charge on any atom is 0.308 e. The van der Waals surface area contributed by atoms with Gasteiger partial charge < -0.3 is 5.11 Å². The van der Waals surface area contributed by atoms with Crippen LogP contribution in [0.1, 0.15) is 13.3 Å². The van der Waals surface area contributed by atoms with Crippen molar-refractivity contribution in [3.05, 3.63) is 0 Å². The maximum atomic E-state index is 11.0. The van der Waals surface area contributed by atoms with Crippen molar-refractivity contribution in [2.45, 2.75) is 13.3 Å². The zero-order chi connectivity index (χ0) is 9.14. The van der Waals surface area contributed by atoms with Crippen LogP contribution in [0.25, 0.3) is 0 Å². The van der Waals surface area contributed by atoms with Gasteiger partial charge >= 0.3 is 5.97 Å². The number of nitrogens with zero attached hydrogens (tertiary/aromatic N) is 1. The van der Waals surface area contributed by atoms with Gasteiger partial charge in [-0.15, -0.1) is 0 Å². The first-order chi connectivity index (χ1) is 5.65. The fraction of sp³-hybridized carbons (Fsp3) is 0.714. The van der Waals surface area contributed by atoms with E-state index in [0.717, 1.165) is 5.06 Å². The SMILES string of the molecule is CCON1CC(C(=O)O)CC1=O. The summed E-state index contributed by atoms with van der Waals surface area (Å²) in [4.78, 5) is 26.4. The fourth-order valence-corrected chi connectivity index (χ4v) is 1.13. The lowest BCUT2D eigenvalue weighted by atomic mass is 10.1. The van der Waals surface area contributed by atoms with Crippen LogP contribution in [0, 0.1) is 5.92 Å². The molecule has 1 saturated heterocycles. The van der Waals surface area contributed by atoms with Crippen LogP contribution in [0.5, 0.6) is 0 Å². The first kappa shape index (κ1) is 8.99. The van der Waals surface area contributed by atoms with Gasteiger partial charge in [0.15, 0.2) is 0 Å². The number of carboxylic acids is 1. The van der Waals surface area contributed by atoms with Crippen LogP contribution in [0.2, 0.25) is 0 Å². The molecule has 0 radical (unpaired) electrons. The van der Waals surface area contributed by atoms with Crippen LogP contribution in [0.15, 0.2) is 0 Å². The van der Waals surface area contributed by atoms with Crippen molar-refractivity contribution < 1.29 is 19.5 Å². The van der Waals surface area contributed by atoms with Crippen molar-refractivity contribution in [2.24, 2.45) is 5.92 Å². The number of hydrogen-bond acceptors (Lipinski definition) is 3. The van der Waals surface area contributed by atoms with Crippen LogP contribution < -0.4 is 0 Å². The molecule has 0 aromatic carbocycles. The number of carboxylic acid groups (broad SMARTS) is 1. The highest BCUT2D eigenvalue weighted by Gasteiger charge is 2.34. The van der Waals surface area contributed by atoms with Gasteiger partial charge in [0.1, 0.15) is 0 Å². The van der Waals surface area contributed by atoms with Gasteiger partial charge in [0.25, 0.3) is 0 Å². The molecule has 0 bridgehead atoms. The molecule has 1 atom stereocenters. The Morgan fingerprint density at radius 3 is 2.92 bits per heavy atom. The van der Waals surface area contributed by atoms with Crippen molar-refractivity contribution in [3.8, 4) is 0 Å². The molecule has 1 aliphatic heterocycles. The van der Waals surface area contributed by atoms with E-state index in [1.807, 2.05) is 0 Å². The Bertz CT molecular complexity index is 204. The lowest BCUT2D eigenvalue weighted by Crippen LogP contribution is -2.26. The molecule has 0 saturated carbocycles. The second-order valence-electron chi connectivity index (χ2n) is 2.61.